The summed E-state index contributed by atoms with van der Waals surface area (Å²) in [4.78, 5) is -0.791. The fourth-order valence-electron chi connectivity index (χ4n) is 3.15. The predicted molar refractivity (Wildman–Crippen MR) is 76.9 cm³/mol. The first kappa shape index (κ1) is 17.5. The van der Waals surface area contributed by atoms with Gasteiger partial charge in [0.2, 0.25) is 10.0 Å². The van der Waals surface area contributed by atoms with Crippen molar-refractivity contribution in [3.8, 4) is 0 Å². The van der Waals surface area contributed by atoms with E-state index in [1.807, 2.05) is 0 Å². The van der Waals surface area contributed by atoms with Gasteiger partial charge in [-0.3, -0.25) is 0 Å². The van der Waals surface area contributed by atoms with Crippen LogP contribution in [0.1, 0.15) is 19.3 Å². The summed E-state index contributed by atoms with van der Waals surface area (Å²) in [6.45, 7) is 1.18. The highest BCUT2D eigenvalue weighted by molar-refractivity contribution is 7.89. The average Bonchev–Trinajstić information content (AvgIpc) is 2.70. The normalized spacial score (nSPS) is 25.6. The molecule has 4 nitrogen and oxygen atoms in total. The van der Waals surface area contributed by atoms with Gasteiger partial charge in [0, 0.05) is 18.6 Å². The lowest BCUT2D eigenvalue weighted by atomic mass is 10.1. The van der Waals surface area contributed by atoms with E-state index >= 15 is 0 Å². The number of sulfonamides is 1. The quantitative estimate of drug-likeness (QED) is 0.825. The Kier molecular flexibility index (Phi) is 5.06. The van der Waals surface area contributed by atoms with Gasteiger partial charge >= 0.3 is 0 Å². The summed E-state index contributed by atoms with van der Waals surface area (Å²) in [5.41, 5.74) is 0. The molecule has 2 saturated heterocycles. The Balaban J connectivity index is 0.00000176. The maximum atomic E-state index is 13.9. The van der Waals surface area contributed by atoms with Crippen molar-refractivity contribution in [2.75, 3.05) is 13.1 Å². The third-order valence-electron chi connectivity index (χ3n) is 4.14. The highest BCUT2D eigenvalue weighted by atomic mass is 35.5. The number of rotatable bonds is 2. The van der Waals surface area contributed by atoms with Crippen LogP contribution in [0.15, 0.2) is 17.0 Å². The lowest BCUT2D eigenvalue weighted by Crippen LogP contribution is -2.42. The standard InChI is InChI=1S/C13H15F3N2O2S.ClH/c14-10-3-4-11(13(16)12(10)15)21(19,20)18-8-1-2-9(18)7-17-6-5-8;/h3-4,8-9,17H,1-2,5-7H2;1H. The maximum absolute atomic E-state index is 13.9. The summed E-state index contributed by atoms with van der Waals surface area (Å²) in [7, 11) is -4.18. The number of nitrogens with one attached hydrogen (secondary N) is 1. The highest BCUT2D eigenvalue weighted by Crippen LogP contribution is 2.35. The molecule has 3 rings (SSSR count). The first-order valence-corrected chi connectivity index (χ1v) is 8.24. The van der Waals surface area contributed by atoms with Crippen LogP contribution in [0.4, 0.5) is 13.2 Å². The Hall–Kier alpha value is -0.830. The van der Waals surface area contributed by atoms with Crippen LogP contribution in [0.3, 0.4) is 0 Å². The van der Waals surface area contributed by atoms with Gasteiger partial charge in [0.05, 0.1) is 0 Å². The molecular formula is C13H16ClF3N2O2S. The van der Waals surface area contributed by atoms with Crippen molar-refractivity contribution >= 4 is 22.4 Å². The van der Waals surface area contributed by atoms with E-state index in [4.69, 9.17) is 0 Å². The molecule has 1 N–H and O–H groups in total. The van der Waals surface area contributed by atoms with Gasteiger partial charge in [-0.25, -0.2) is 21.6 Å². The molecule has 0 spiro atoms. The molecule has 0 aliphatic carbocycles. The first-order chi connectivity index (χ1) is 9.93. The van der Waals surface area contributed by atoms with Crippen molar-refractivity contribution in [1.29, 1.82) is 0 Å². The van der Waals surface area contributed by atoms with Crippen molar-refractivity contribution in [2.45, 2.75) is 36.2 Å². The van der Waals surface area contributed by atoms with Gasteiger partial charge in [0.1, 0.15) is 4.90 Å². The van der Waals surface area contributed by atoms with E-state index in [0.29, 0.717) is 38.4 Å². The Morgan fingerprint density at radius 1 is 1.05 bits per heavy atom. The number of halogens is 4. The van der Waals surface area contributed by atoms with Gasteiger partial charge in [0.15, 0.2) is 17.5 Å². The van der Waals surface area contributed by atoms with Crippen LogP contribution in [-0.4, -0.2) is 37.9 Å². The molecule has 0 saturated carbocycles. The zero-order valence-electron chi connectivity index (χ0n) is 11.6. The number of benzene rings is 1. The predicted octanol–water partition coefficient (Wildman–Crippen LogP) is 2.04. The summed E-state index contributed by atoms with van der Waals surface area (Å²) < 4.78 is 66.7. The van der Waals surface area contributed by atoms with Crippen LogP contribution in [-0.2, 0) is 10.0 Å². The third-order valence-corrected chi connectivity index (χ3v) is 6.16. The largest absolute Gasteiger partial charge is 0.315 e. The van der Waals surface area contributed by atoms with Crippen LogP contribution in [0.25, 0.3) is 0 Å². The summed E-state index contributed by atoms with van der Waals surface area (Å²) >= 11 is 0. The molecule has 2 aliphatic heterocycles. The van der Waals surface area contributed by atoms with E-state index in [0.717, 1.165) is 6.07 Å². The second kappa shape index (κ2) is 6.35. The zero-order chi connectivity index (χ0) is 15.2. The minimum atomic E-state index is -4.18. The molecular weight excluding hydrogens is 341 g/mol. The minimum absolute atomic E-state index is 0. The molecule has 9 heteroatoms. The van der Waals surface area contributed by atoms with Crippen molar-refractivity contribution < 1.29 is 21.6 Å². The molecule has 2 aliphatic rings. The molecule has 0 aromatic heterocycles. The van der Waals surface area contributed by atoms with Crippen LogP contribution in [0.5, 0.6) is 0 Å². The third kappa shape index (κ3) is 2.73. The number of fused-ring (bicyclic) bond motifs is 2. The molecule has 1 aromatic carbocycles. The van der Waals surface area contributed by atoms with E-state index in [1.54, 1.807) is 0 Å². The molecule has 2 unspecified atom stereocenters. The Bertz CT molecular complexity index is 657. The maximum Gasteiger partial charge on any atom is 0.246 e. The van der Waals surface area contributed by atoms with Crippen LogP contribution in [0, 0.1) is 17.5 Å². The van der Waals surface area contributed by atoms with Gasteiger partial charge in [0.25, 0.3) is 0 Å². The van der Waals surface area contributed by atoms with Crippen LogP contribution >= 0.6 is 12.4 Å². The SMILES string of the molecule is Cl.O=S(=O)(c1ccc(F)c(F)c1F)N1C2CCNCC1CC2. The van der Waals surface area contributed by atoms with Gasteiger partial charge in [-0.05, 0) is 37.9 Å². The van der Waals surface area contributed by atoms with E-state index < -0.39 is 32.4 Å². The van der Waals surface area contributed by atoms with Crippen molar-refractivity contribution in [2.24, 2.45) is 0 Å². The molecule has 0 amide bonds. The Morgan fingerprint density at radius 2 is 1.73 bits per heavy atom. The van der Waals surface area contributed by atoms with Gasteiger partial charge < -0.3 is 5.32 Å². The second-order valence-electron chi connectivity index (χ2n) is 5.39. The zero-order valence-corrected chi connectivity index (χ0v) is 13.2. The smallest absolute Gasteiger partial charge is 0.246 e. The molecule has 2 atom stereocenters. The minimum Gasteiger partial charge on any atom is -0.315 e. The topological polar surface area (TPSA) is 49.4 Å². The van der Waals surface area contributed by atoms with Gasteiger partial charge in [-0.2, -0.15) is 4.31 Å². The fourth-order valence-corrected chi connectivity index (χ4v) is 5.11. The number of hydrogen-bond donors (Lipinski definition) is 1. The van der Waals surface area contributed by atoms with Crippen molar-refractivity contribution in [3.63, 3.8) is 0 Å². The average molecular weight is 357 g/mol. The number of nitrogens with zero attached hydrogens (tertiary/aromatic N) is 1. The fraction of sp³-hybridized carbons (Fsp3) is 0.538. The van der Waals surface area contributed by atoms with Crippen molar-refractivity contribution in [3.05, 3.63) is 29.6 Å². The Labute approximate surface area is 133 Å². The molecule has 2 bridgehead atoms. The van der Waals surface area contributed by atoms with E-state index in [9.17, 15) is 21.6 Å². The second-order valence-corrected chi connectivity index (χ2v) is 7.20. The van der Waals surface area contributed by atoms with Gasteiger partial charge in [-0.15, -0.1) is 12.4 Å². The van der Waals surface area contributed by atoms with E-state index in [2.05, 4.69) is 5.32 Å². The Morgan fingerprint density at radius 3 is 2.45 bits per heavy atom. The van der Waals surface area contributed by atoms with E-state index in [-0.39, 0.29) is 24.5 Å². The molecule has 124 valence electrons. The molecule has 1 aromatic rings. The molecule has 22 heavy (non-hydrogen) atoms. The number of hydrogen-bond acceptors (Lipinski definition) is 3. The lowest BCUT2D eigenvalue weighted by Gasteiger charge is -2.27. The molecule has 2 fully saturated rings. The van der Waals surface area contributed by atoms with Crippen molar-refractivity contribution in [1.82, 2.24) is 9.62 Å². The van der Waals surface area contributed by atoms with Gasteiger partial charge in [-0.1, -0.05) is 0 Å². The first-order valence-electron chi connectivity index (χ1n) is 6.80. The molecule has 2 heterocycles. The monoisotopic (exact) mass is 356 g/mol. The summed E-state index contributed by atoms with van der Waals surface area (Å²) in [6.07, 6.45) is 2.01. The molecule has 0 radical (unpaired) electrons. The summed E-state index contributed by atoms with van der Waals surface area (Å²) in [6, 6.07) is 0.946. The summed E-state index contributed by atoms with van der Waals surface area (Å²) in [5, 5.41) is 3.13. The van der Waals surface area contributed by atoms with Crippen LogP contribution in [0.2, 0.25) is 0 Å². The van der Waals surface area contributed by atoms with Crippen LogP contribution < -0.4 is 5.32 Å². The summed E-state index contributed by atoms with van der Waals surface area (Å²) in [5.74, 6) is -4.80. The highest BCUT2D eigenvalue weighted by Gasteiger charge is 2.44. The lowest BCUT2D eigenvalue weighted by molar-refractivity contribution is 0.331. The van der Waals surface area contributed by atoms with E-state index in [1.165, 1.54) is 4.31 Å².